The van der Waals surface area contributed by atoms with Crippen LogP contribution in [0.15, 0.2) is 12.5 Å². The van der Waals surface area contributed by atoms with Gasteiger partial charge in [0.15, 0.2) is 0 Å². The van der Waals surface area contributed by atoms with E-state index in [0.29, 0.717) is 6.54 Å². The van der Waals surface area contributed by atoms with Gasteiger partial charge in [-0.2, -0.15) is 0 Å². The zero-order chi connectivity index (χ0) is 11.3. The number of nitrogens with zero attached hydrogens (tertiary/aromatic N) is 3. The van der Waals surface area contributed by atoms with E-state index in [4.69, 9.17) is 5.73 Å². The van der Waals surface area contributed by atoms with E-state index in [1.165, 1.54) is 0 Å². The third-order valence-electron chi connectivity index (χ3n) is 2.40. The van der Waals surface area contributed by atoms with Crippen molar-refractivity contribution in [3.63, 3.8) is 0 Å². The molecule has 1 aromatic heterocycles. The molecule has 86 valence electrons. The van der Waals surface area contributed by atoms with Crippen LogP contribution in [0.3, 0.4) is 0 Å². The first-order valence-electron chi connectivity index (χ1n) is 5.19. The highest BCUT2D eigenvalue weighted by Crippen LogP contribution is 2.08. The van der Waals surface area contributed by atoms with Gasteiger partial charge in [-0.05, 0) is 14.1 Å². The lowest BCUT2D eigenvalue weighted by Gasteiger charge is -2.18. The van der Waals surface area contributed by atoms with Crippen molar-refractivity contribution in [1.29, 1.82) is 0 Å². The highest BCUT2D eigenvalue weighted by molar-refractivity contribution is 5.05. The highest BCUT2D eigenvalue weighted by atomic mass is 15.1. The predicted octanol–water partition coefficient (Wildman–Crippen LogP) is -0.429. The van der Waals surface area contributed by atoms with Crippen molar-refractivity contribution in [2.24, 2.45) is 12.8 Å². The monoisotopic (exact) mass is 211 g/mol. The minimum Gasteiger partial charge on any atom is -0.336 e. The lowest BCUT2D eigenvalue weighted by molar-refractivity contribution is 0.382. The minimum absolute atomic E-state index is 0.192. The molecule has 0 fully saturated rings. The SMILES string of the molecule is CN(C)CCNC(CN)c1cncn1C. The second-order valence-corrected chi connectivity index (χ2v) is 3.98. The maximum atomic E-state index is 5.73. The van der Waals surface area contributed by atoms with E-state index in [1.54, 1.807) is 6.33 Å². The van der Waals surface area contributed by atoms with Crippen LogP contribution in [0.25, 0.3) is 0 Å². The summed E-state index contributed by atoms with van der Waals surface area (Å²) in [5.41, 5.74) is 6.87. The van der Waals surface area contributed by atoms with Gasteiger partial charge >= 0.3 is 0 Å². The van der Waals surface area contributed by atoms with Crippen LogP contribution in [0.5, 0.6) is 0 Å². The average molecular weight is 211 g/mol. The predicted molar refractivity (Wildman–Crippen MR) is 61.6 cm³/mol. The van der Waals surface area contributed by atoms with Crippen molar-refractivity contribution >= 4 is 0 Å². The molecule has 5 nitrogen and oxygen atoms in total. The Morgan fingerprint density at radius 2 is 2.33 bits per heavy atom. The molecule has 0 aliphatic heterocycles. The van der Waals surface area contributed by atoms with Gasteiger partial charge in [0.05, 0.1) is 18.1 Å². The number of nitrogens with one attached hydrogen (secondary N) is 1. The zero-order valence-corrected chi connectivity index (χ0v) is 9.77. The number of imidazole rings is 1. The molecule has 0 spiro atoms. The van der Waals surface area contributed by atoms with Crippen molar-refractivity contribution in [1.82, 2.24) is 19.8 Å². The van der Waals surface area contributed by atoms with E-state index >= 15 is 0 Å². The summed E-state index contributed by atoms with van der Waals surface area (Å²) in [5, 5.41) is 3.42. The third-order valence-corrected chi connectivity index (χ3v) is 2.40. The first-order valence-corrected chi connectivity index (χ1v) is 5.19. The molecule has 1 aromatic rings. The molecule has 15 heavy (non-hydrogen) atoms. The minimum atomic E-state index is 0.192. The second-order valence-electron chi connectivity index (χ2n) is 3.98. The summed E-state index contributed by atoms with van der Waals surface area (Å²) in [7, 11) is 6.10. The Labute approximate surface area is 91.3 Å². The molecule has 0 amide bonds. The van der Waals surface area contributed by atoms with E-state index in [-0.39, 0.29) is 6.04 Å². The van der Waals surface area contributed by atoms with Crippen LogP contribution in [-0.2, 0) is 7.05 Å². The largest absolute Gasteiger partial charge is 0.336 e. The molecule has 0 aromatic carbocycles. The summed E-state index contributed by atoms with van der Waals surface area (Å²) in [5.74, 6) is 0. The van der Waals surface area contributed by atoms with Crippen LogP contribution in [0.1, 0.15) is 11.7 Å². The van der Waals surface area contributed by atoms with Gasteiger partial charge in [0.25, 0.3) is 0 Å². The first kappa shape index (κ1) is 12.2. The maximum Gasteiger partial charge on any atom is 0.0946 e. The molecule has 1 atom stereocenters. The van der Waals surface area contributed by atoms with Crippen molar-refractivity contribution in [2.45, 2.75) is 6.04 Å². The zero-order valence-electron chi connectivity index (χ0n) is 9.77. The van der Waals surface area contributed by atoms with Crippen molar-refractivity contribution < 1.29 is 0 Å². The lowest BCUT2D eigenvalue weighted by Crippen LogP contribution is -2.34. The number of hydrogen-bond acceptors (Lipinski definition) is 4. The van der Waals surface area contributed by atoms with E-state index < -0.39 is 0 Å². The first-order chi connectivity index (χ1) is 7.15. The Kier molecular flexibility index (Phi) is 4.74. The molecule has 0 aliphatic carbocycles. The normalized spacial score (nSPS) is 13.4. The molecular weight excluding hydrogens is 190 g/mol. The van der Waals surface area contributed by atoms with Crippen LogP contribution in [0.2, 0.25) is 0 Å². The van der Waals surface area contributed by atoms with Gasteiger partial charge in [-0.15, -0.1) is 0 Å². The second kappa shape index (κ2) is 5.85. The summed E-state index contributed by atoms with van der Waals surface area (Å²) >= 11 is 0. The van der Waals surface area contributed by atoms with Gasteiger partial charge < -0.3 is 20.5 Å². The molecule has 3 N–H and O–H groups in total. The van der Waals surface area contributed by atoms with E-state index in [2.05, 4.69) is 29.3 Å². The van der Waals surface area contributed by atoms with Crippen LogP contribution in [0.4, 0.5) is 0 Å². The van der Waals surface area contributed by atoms with E-state index in [1.807, 2.05) is 17.8 Å². The third kappa shape index (κ3) is 3.62. The molecule has 0 saturated carbocycles. The van der Waals surface area contributed by atoms with Crippen LogP contribution < -0.4 is 11.1 Å². The van der Waals surface area contributed by atoms with Gasteiger partial charge in [-0.3, -0.25) is 0 Å². The number of rotatable bonds is 6. The molecule has 0 bridgehead atoms. The summed E-state index contributed by atoms with van der Waals surface area (Å²) < 4.78 is 2.00. The van der Waals surface area contributed by atoms with E-state index in [0.717, 1.165) is 18.8 Å². The van der Waals surface area contributed by atoms with E-state index in [9.17, 15) is 0 Å². The smallest absolute Gasteiger partial charge is 0.0946 e. The quantitative estimate of drug-likeness (QED) is 0.670. The number of aryl methyl sites for hydroxylation is 1. The van der Waals surface area contributed by atoms with Crippen LogP contribution in [-0.4, -0.2) is 48.2 Å². The van der Waals surface area contributed by atoms with Crippen molar-refractivity contribution in [3.8, 4) is 0 Å². The Hall–Kier alpha value is -0.910. The fourth-order valence-electron chi connectivity index (χ4n) is 1.47. The topological polar surface area (TPSA) is 59.1 Å². The standard InChI is InChI=1S/C10H21N5/c1-14(2)5-4-13-9(6-11)10-7-12-8-15(10)3/h7-9,13H,4-6,11H2,1-3H3. The maximum absolute atomic E-state index is 5.73. The Bertz CT molecular complexity index is 281. The number of nitrogens with two attached hydrogens (primary N) is 1. The Morgan fingerprint density at radius 1 is 1.60 bits per heavy atom. The Morgan fingerprint density at radius 3 is 2.80 bits per heavy atom. The van der Waals surface area contributed by atoms with Gasteiger partial charge in [0, 0.05) is 32.9 Å². The fraction of sp³-hybridized carbons (Fsp3) is 0.700. The molecule has 0 saturated heterocycles. The van der Waals surface area contributed by atoms with Crippen molar-refractivity contribution in [2.75, 3.05) is 33.7 Å². The lowest BCUT2D eigenvalue weighted by atomic mass is 10.2. The number of aromatic nitrogens is 2. The molecule has 1 unspecified atom stereocenters. The highest BCUT2D eigenvalue weighted by Gasteiger charge is 2.11. The molecule has 1 rings (SSSR count). The summed E-state index contributed by atoms with van der Waals surface area (Å²) in [6.07, 6.45) is 3.66. The summed E-state index contributed by atoms with van der Waals surface area (Å²) in [6.45, 7) is 2.53. The van der Waals surface area contributed by atoms with Gasteiger partial charge in [0.1, 0.15) is 0 Å². The van der Waals surface area contributed by atoms with Gasteiger partial charge in [0.2, 0.25) is 0 Å². The molecule has 0 aliphatic rings. The van der Waals surface area contributed by atoms with Crippen molar-refractivity contribution in [3.05, 3.63) is 18.2 Å². The molecule has 1 heterocycles. The van der Waals surface area contributed by atoms with Gasteiger partial charge in [-0.1, -0.05) is 0 Å². The number of hydrogen-bond donors (Lipinski definition) is 2. The van der Waals surface area contributed by atoms with Gasteiger partial charge in [-0.25, -0.2) is 4.98 Å². The molecule has 0 radical (unpaired) electrons. The Balaban J connectivity index is 2.46. The molecule has 5 heteroatoms. The number of likely N-dealkylation sites (N-methyl/N-ethyl adjacent to an activating group) is 1. The summed E-state index contributed by atoms with van der Waals surface area (Å²) in [6, 6.07) is 0.192. The fourth-order valence-corrected chi connectivity index (χ4v) is 1.47. The van der Waals surface area contributed by atoms with Crippen LogP contribution >= 0.6 is 0 Å². The van der Waals surface area contributed by atoms with Crippen LogP contribution in [0, 0.1) is 0 Å². The summed E-state index contributed by atoms with van der Waals surface area (Å²) in [4.78, 5) is 6.23. The molecular formula is C10H21N5. The average Bonchev–Trinajstić information content (AvgIpc) is 2.59.